The number of aromatic nitrogens is 1. The number of pyridine rings is 1. The minimum Gasteiger partial charge on any atom is -0.477 e. The summed E-state index contributed by atoms with van der Waals surface area (Å²) in [6.45, 7) is 3.21. The van der Waals surface area contributed by atoms with Crippen molar-refractivity contribution >= 4 is 11.6 Å². The summed E-state index contributed by atoms with van der Waals surface area (Å²) in [5.74, 6) is 0.177. The number of ether oxygens (including phenoxy) is 2. The van der Waals surface area contributed by atoms with Gasteiger partial charge in [-0.1, -0.05) is 0 Å². The summed E-state index contributed by atoms with van der Waals surface area (Å²) in [5.41, 5.74) is 0.243. The van der Waals surface area contributed by atoms with Gasteiger partial charge in [-0.3, -0.25) is 19.5 Å². The predicted octanol–water partition coefficient (Wildman–Crippen LogP) is 0.884. The third-order valence-electron chi connectivity index (χ3n) is 3.64. The van der Waals surface area contributed by atoms with Crippen LogP contribution in [-0.4, -0.2) is 48.7 Å². The molecule has 0 radical (unpaired) electrons. The molecule has 1 aliphatic heterocycles. The van der Waals surface area contributed by atoms with Crippen molar-refractivity contribution in [2.24, 2.45) is 0 Å². The first kappa shape index (κ1) is 17.1. The van der Waals surface area contributed by atoms with E-state index in [0.29, 0.717) is 31.2 Å². The van der Waals surface area contributed by atoms with Gasteiger partial charge in [0.1, 0.15) is 12.0 Å². The van der Waals surface area contributed by atoms with Crippen LogP contribution in [0, 0.1) is 0 Å². The second kappa shape index (κ2) is 8.41. The summed E-state index contributed by atoms with van der Waals surface area (Å²) in [5, 5.41) is 2.62. The van der Waals surface area contributed by atoms with E-state index in [0.717, 1.165) is 13.1 Å². The first-order valence-electron chi connectivity index (χ1n) is 7.95. The van der Waals surface area contributed by atoms with E-state index in [4.69, 9.17) is 13.9 Å². The van der Waals surface area contributed by atoms with Crippen LogP contribution in [0.2, 0.25) is 0 Å². The van der Waals surface area contributed by atoms with Crippen LogP contribution in [0.5, 0.6) is 5.75 Å². The van der Waals surface area contributed by atoms with Gasteiger partial charge in [0.05, 0.1) is 31.6 Å². The molecule has 3 rings (SSSR count). The van der Waals surface area contributed by atoms with Crippen molar-refractivity contribution in [3.8, 4) is 5.75 Å². The quantitative estimate of drug-likeness (QED) is 0.831. The van der Waals surface area contributed by atoms with Crippen molar-refractivity contribution in [1.82, 2.24) is 9.88 Å². The summed E-state index contributed by atoms with van der Waals surface area (Å²) in [6.07, 6.45) is 4.37. The topological polar surface area (TPSA) is 93.9 Å². The summed E-state index contributed by atoms with van der Waals surface area (Å²) in [4.78, 5) is 29.9. The monoisotopic (exact) mass is 345 g/mol. The molecule has 0 bridgehead atoms. The molecule has 0 spiro atoms. The maximum atomic E-state index is 12.1. The Hall–Kier alpha value is -2.71. The van der Waals surface area contributed by atoms with Crippen LogP contribution in [0.25, 0.3) is 0 Å². The number of rotatable bonds is 6. The average Bonchev–Trinajstić information content (AvgIpc) is 2.63. The Balaban J connectivity index is 1.52. The number of morpholine rings is 1. The van der Waals surface area contributed by atoms with E-state index < -0.39 is 0 Å². The molecule has 0 unspecified atom stereocenters. The molecule has 1 saturated heterocycles. The molecule has 0 aromatic carbocycles. The van der Waals surface area contributed by atoms with E-state index in [9.17, 15) is 9.59 Å². The molecule has 1 aliphatic rings. The van der Waals surface area contributed by atoms with Crippen LogP contribution >= 0.6 is 0 Å². The van der Waals surface area contributed by atoms with Crippen LogP contribution in [0.3, 0.4) is 0 Å². The van der Waals surface area contributed by atoms with Crippen LogP contribution < -0.4 is 15.5 Å². The highest BCUT2D eigenvalue weighted by atomic mass is 16.5. The Kier molecular flexibility index (Phi) is 5.76. The molecule has 1 amide bonds. The number of nitrogens with zero attached hydrogens (tertiary/aromatic N) is 2. The van der Waals surface area contributed by atoms with Crippen molar-refractivity contribution in [2.75, 3.05) is 38.2 Å². The van der Waals surface area contributed by atoms with Crippen molar-refractivity contribution in [2.45, 2.75) is 6.54 Å². The van der Waals surface area contributed by atoms with Gasteiger partial charge < -0.3 is 19.2 Å². The zero-order chi connectivity index (χ0) is 17.5. The zero-order valence-electron chi connectivity index (χ0n) is 13.6. The van der Waals surface area contributed by atoms with Gasteiger partial charge in [0, 0.05) is 25.4 Å². The smallest absolute Gasteiger partial charge is 0.262 e. The largest absolute Gasteiger partial charge is 0.477 e. The lowest BCUT2D eigenvalue weighted by Crippen LogP contribution is -2.35. The van der Waals surface area contributed by atoms with Crippen LogP contribution in [0.1, 0.15) is 5.76 Å². The number of carbonyl (C=O) groups excluding carboxylic acids is 1. The number of nitrogens with one attached hydrogen (secondary N) is 1. The second-order valence-corrected chi connectivity index (χ2v) is 5.54. The Morgan fingerprint density at radius 2 is 2.20 bits per heavy atom. The Labute approximate surface area is 144 Å². The van der Waals surface area contributed by atoms with E-state index in [2.05, 4.69) is 15.2 Å². The molecular weight excluding hydrogens is 326 g/mol. The summed E-state index contributed by atoms with van der Waals surface area (Å²) < 4.78 is 16.0. The molecule has 3 heterocycles. The van der Waals surface area contributed by atoms with Crippen molar-refractivity contribution in [3.63, 3.8) is 0 Å². The van der Waals surface area contributed by atoms with Gasteiger partial charge in [-0.05, 0) is 12.1 Å². The molecule has 25 heavy (non-hydrogen) atoms. The summed E-state index contributed by atoms with van der Waals surface area (Å²) in [7, 11) is 0. The summed E-state index contributed by atoms with van der Waals surface area (Å²) >= 11 is 0. The number of amides is 1. The first-order chi connectivity index (χ1) is 12.2. The molecule has 132 valence electrons. The van der Waals surface area contributed by atoms with E-state index >= 15 is 0 Å². The Morgan fingerprint density at radius 3 is 2.92 bits per heavy atom. The van der Waals surface area contributed by atoms with Crippen molar-refractivity contribution < 1.29 is 18.7 Å². The molecule has 0 atom stereocenters. The van der Waals surface area contributed by atoms with E-state index in [1.54, 1.807) is 18.3 Å². The lowest BCUT2D eigenvalue weighted by molar-refractivity contribution is -0.118. The number of carbonyl (C=O) groups is 1. The molecule has 2 aromatic heterocycles. The Morgan fingerprint density at radius 1 is 1.36 bits per heavy atom. The second-order valence-electron chi connectivity index (χ2n) is 5.54. The number of anilines is 1. The van der Waals surface area contributed by atoms with Crippen LogP contribution in [-0.2, 0) is 16.1 Å². The fourth-order valence-electron chi connectivity index (χ4n) is 2.38. The molecular formula is C17H19N3O5. The highest BCUT2D eigenvalue weighted by molar-refractivity contribution is 5.91. The predicted molar refractivity (Wildman–Crippen MR) is 89.4 cm³/mol. The SMILES string of the molecule is O=C(COc1coc(CN2CCOCC2)cc1=O)Nc1cccnc1. The molecule has 8 heteroatoms. The van der Waals surface area contributed by atoms with Gasteiger partial charge in [0.15, 0.2) is 6.61 Å². The van der Waals surface area contributed by atoms with E-state index in [-0.39, 0.29) is 23.7 Å². The minimum absolute atomic E-state index is 0.00654. The van der Waals surface area contributed by atoms with Gasteiger partial charge in [-0.15, -0.1) is 0 Å². The molecule has 2 aromatic rings. The number of hydrogen-bond acceptors (Lipinski definition) is 7. The normalized spacial score (nSPS) is 14.9. The van der Waals surface area contributed by atoms with E-state index in [1.165, 1.54) is 18.5 Å². The van der Waals surface area contributed by atoms with Gasteiger partial charge in [0.2, 0.25) is 11.2 Å². The third kappa shape index (κ3) is 5.13. The van der Waals surface area contributed by atoms with Gasteiger partial charge in [-0.2, -0.15) is 0 Å². The van der Waals surface area contributed by atoms with Crippen molar-refractivity contribution in [3.05, 3.63) is 52.8 Å². The fourth-order valence-corrected chi connectivity index (χ4v) is 2.38. The molecule has 0 saturated carbocycles. The lowest BCUT2D eigenvalue weighted by Gasteiger charge is -2.25. The molecule has 1 fully saturated rings. The number of hydrogen-bond donors (Lipinski definition) is 1. The van der Waals surface area contributed by atoms with Gasteiger partial charge >= 0.3 is 0 Å². The summed E-state index contributed by atoms with van der Waals surface area (Å²) in [6, 6.07) is 4.81. The van der Waals surface area contributed by atoms with Crippen LogP contribution in [0.15, 0.2) is 46.1 Å². The standard InChI is InChI=1S/C17H19N3O5/c21-15-8-14(10-20-4-6-23-7-5-20)24-11-16(15)25-12-17(22)19-13-2-1-3-18-9-13/h1-3,8-9,11H,4-7,10,12H2,(H,19,22). The Bertz CT molecular complexity index is 756. The molecule has 1 N–H and O–H groups in total. The molecule has 8 nitrogen and oxygen atoms in total. The third-order valence-corrected chi connectivity index (χ3v) is 3.64. The molecule has 0 aliphatic carbocycles. The lowest BCUT2D eigenvalue weighted by atomic mass is 10.3. The maximum absolute atomic E-state index is 12.1. The zero-order valence-corrected chi connectivity index (χ0v) is 13.6. The van der Waals surface area contributed by atoms with Crippen molar-refractivity contribution in [1.29, 1.82) is 0 Å². The van der Waals surface area contributed by atoms with Gasteiger partial charge in [0.25, 0.3) is 5.91 Å². The highest BCUT2D eigenvalue weighted by Crippen LogP contribution is 2.10. The van der Waals surface area contributed by atoms with Gasteiger partial charge in [-0.25, -0.2) is 0 Å². The highest BCUT2D eigenvalue weighted by Gasteiger charge is 2.14. The van der Waals surface area contributed by atoms with E-state index in [1.807, 2.05) is 0 Å². The van der Waals surface area contributed by atoms with Crippen LogP contribution in [0.4, 0.5) is 5.69 Å². The first-order valence-corrected chi connectivity index (χ1v) is 7.95. The minimum atomic E-state index is -0.384. The maximum Gasteiger partial charge on any atom is 0.262 e. The average molecular weight is 345 g/mol. The fraction of sp³-hybridized carbons (Fsp3) is 0.353.